The van der Waals surface area contributed by atoms with Crippen molar-refractivity contribution in [1.82, 2.24) is 9.97 Å². The molecular formula is C14H15ClN2O2S2. The van der Waals surface area contributed by atoms with E-state index < -0.39 is 0 Å². The number of ether oxygens (including phenoxy) is 1. The highest BCUT2D eigenvalue weighted by Crippen LogP contribution is 2.34. The van der Waals surface area contributed by atoms with Gasteiger partial charge in [-0.2, -0.15) is 4.98 Å². The molecule has 0 amide bonds. The number of thiocarbonyl (C=S) groups is 1. The molecule has 2 aromatic rings. The summed E-state index contributed by atoms with van der Waals surface area (Å²) in [6, 6.07) is 0. The molecule has 0 aliphatic heterocycles. The van der Waals surface area contributed by atoms with E-state index >= 15 is 0 Å². The minimum absolute atomic E-state index is 0.477. The minimum Gasteiger partial charge on any atom is -0.479 e. The van der Waals surface area contributed by atoms with Gasteiger partial charge in [0.25, 0.3) is 0 Å². The minimum atomic E-state index is 0.477. The zero-order chi connectivity index (χ0) is 14.8. The number of furan rings is 1. The molecule has 21 heavy (non-hydrogen) atoms. The van der Waals surface area contributed by atoms with E-state index in [1.54, 1.807) is 0 Å². The van der Waals surface area contributed by atoms with E-state index in [1.807, 2.05) is 6.92 Å². The lowest BCUT2D eigenvalue weighted by atomic mass is 9.97. The Morgan fingerprint density at radius 1 is 1.38 bits per heavy atom. The lowest BCUT2D eigenvalue weighted by Crippen LogP contribution is -2.01. The van der Waals surface area contributed by atoms with Crippen LogP contribution in [-0.2, 0) is 23.3 Å². The summed E-state index contributed by atoms with van der Waals surface area (Å²) in [5.74, 6) is 2.16. The van der Waals surface area contributed by atoms with Crippen molar-refractivity contribution in [2.75, 3.05) is 6.61 Å². The van der Waals surface area contributed by atoms with Crippen LogP contribution >= 0.6 is 35.6 Å². The van der Waals surface area contributed by atoms with Crippen LogP contribution in [0, 0.1) is 0 Å². The van der Waals surface area contributed by atoms with Gasteiger partial charge in [-0.3, -0.25) is 0 Å². The molecule has 0 N–H and O–H groups in total. The fourth-order valence-corrected chi connectivity index (χ4v) is 3.67. The van der Waals surface area contributed by atoms with Crippen molar-refractivity contribution in [3.05, 3.63) is 22.3 Å². The molecule has 4 nitrogen and oxygen atoms in total. The average Bonchev–Trinajstić information content (AvgIpc) is 2.84. The van der Waals surface area contributed by atoms with Crippen LogP contribution in [0.2, 0.25) is 5.15 Å². The van der Waals surface area contributed by atoms with E-state index in [2.05, 4.69) is 9.97 Å². The number of rotatable bonds is 3. The highest BCUT2D eigenvalue weighted by atomic mass is 35.5. The van der Waals surface area contributed by atoms with E-state index in [-0.39, 0.29) is 0 Å². The quantitative estimate of drug-likeness (QED) is 0.612. The molecule has 0 spiro atoms. The maximum atomic E-state index is 6.33. The van der Waals surface area contributed by atoms with E-state index in [4.69, 9.17) is 33.0 Å². The third kappa shape index (κ3) is 3.17. The van der Waals surface area contributed by atoms with Gasteiger partial charge >= 0.3 is 0 Å². The van der Waals surface area contributed by atoms with Crippen LogP contribution in [0.25, 0.3) is 11.1 Å². The van der Waals surface area contributed by atoms with Crippen LogP contribution in [0.4, 0.5) is 0 Å². The monoisotopic (exact) mass is 342 g/mol. The number of nitrogens with zero attached hydrogens (tertiary/aromatic N) is 2. The summed E-state index contributed by atoms with van der Waals surface area (Å²) in [5, 5.41) is 1.36. The van der Waals surface area contributed by atoms with Gasteiger partial charge in [-0.25, -0.2) is 4.98 Å². The smallest absolute Gasteiger partial charge is 0.231 e. The van der Waals surface area contributed by atoms with Crippen molar-refractivity contribution in [3.8, 4) is 0 Å². The maximum absolute atomic E-state index is 6.33. The predicted molar refractivity (Wildman–Crippen MR) is 89.0 cm³/mol. The average molecular weight is 343 g/mol. The second-order valence-electron chi connectivity index (χ2n) is 4.79. The molecule has 2 heterocycles. The normalized spacial score (nSPS) is 14.2. The molecule has 0 bridgehead atoms. The van der Waals surface area contributed by atoms with Gasteiger partial charge in [-0.1, -0.05) is 23.4 Å². The number of halogens is 1. The van der Waals surface area contributed by atoms with Crippen LogP contribution < -0.4 is 0 Å². The fraction of sp³-hybridized carbons (Fsp3) is 0.500. The molecule has 0 saturated carbocycles. The summed E-state index contributed by atoms with van der Waals surface area (Å²) >= 11 is 12.8. The topological polar surface area (TPSA) is 48.2 Å². The molecule has 0 saturated heterocycles. The molecule has 0 atom stereocenters. The van der Waals surface area contributed by atoms with Crippen LogP contribution in [0.15, 0.2) is 4.42 Å². The second-order valence-corrected chi connectivity index (χ2v) is 6.73. The Labute approximate surface area is 137 Å². The zero-order valence-electron chi connectivity index (χ0n) is 11.6. The number of thioether (sulfide) groups is 1. The lowest BCUT2D eigenvalue weighted by Gasteiger charge is -2.08. The molecule has 3 rings (SSSR count). The largest absolute Gasteiger partial charge is 0.479 e. The zero-order valence-corrected chi connectivity index (χ0v) is 14.0. The molecular weight excluding hydrogens is 328 g/mol. The van der Waals surface area contributed by atoms with Crippen molar-refractivity contribution < 1.29 is 9.15 Å². The molecule has 0 aromatic carbocycles. The molecule has 2 aromatic heterocycles. The summed E-state index contributed by atoms with van der Waals surface area (Å²) in [4.78, 5) is 8.85. The standard InChI is InChI=1S/C14H15ClN2O2S2/c1-2-18-14(20)21-7-10-16-12(15)11-8-5-3-4-6-9(8)19-13(11)17-10/h2-7H2,1H3. The second kappa shape index (κ2) is 6.50. The van der Waals surface area contributed by atoms with Crippen molar-refractivity contribution in [1.29, 1.82) is 0 Å². The van der Waals surface area contributed by atoms with Gasteiger partial charge in [0.15, 0.2) is 0 Å². The first-order valence-electron chi connectivity index (χ1n) is 6.95. The Balaban J connectivity index is 1.87. The highest BCUT2D eigenvalue weighted by Gasteiger charge is 2.22. The van der Waals surface area contributed by atoms with E-state index in [0.29, 0.717) is 33.4 Å². The molecule has 0 radical (unpaired) electrons. The Hall–Kier alpha value is -0.850. The van der Waals surface area contributed by atoms with Crippen molar-refractivity contribution in [2.45, 2.75) is 38.4 Å². The summed E-state index contributed by atoms with van der Waals surface area (Å²) in [5.41, 5.74) is 1.78. The molecule has 1 aliphatic carbocycles. The molecule has 112 valence electrons. The Bertz CT molecular complexity index is 687. The van der Waals surface area contributed by atoms with Crippen LogP contribution in [-0.4, -0.2) is 21.0 Å². The molecule has 7 heteroatoms. The maximum Gasteiger partial charge on any atom is 0.231 e. The van der Waals surface area contributed by atoms with Gasteiger partial charge in [0.2, 0.25) is 10.1 Å². The van der Waals surface area contributed by atoms with Crippen LogP contribution in [0.3, 0.4) is 0 Å². The van der Waals surface area contributed by atoms with Gasteiger partial charge in [-0.15, -0.1) is 0 Å². The van der Waals surface area contributed by atoms with E-state index in [9.17, 15) is 0 Å². The number of hydrogen-bond donors (Lipinski definition) is 0. The first-order valence-corrected chi connectivity index (χ1v) is 8.72. The van der Waals surface area contributed by atoms with E-state index in [1.165, 1.54) is 17.3 Å². The first kappa shape index (κ1) is 15.1. The van der Waals surface area contributed by atoms with Gasteiger partial charge in [0, 0.05) is 12.0 Å². The lowest BCUT2D eigenvalue weighted by molar-refractivity contribution is 0.346. The number of aryl methyl sites for hydroxylation is 2. The number of fused-ring (bicyclic) bond motifs is 3. The van der Waals surface area contributed by atoms with Gasteiger partial charge in [0.05, 0.1) is 17.7 Å². The van der Waals surface area contributed by atoms with Crippen molar-refractivity contribution >= 4 is 51.1 Å². The Morgan fingerprint density at radius 2 is 2.19 bits per heavy atom. The van der Waals surface area contributed by atoms with Crippen molar-refractivity contribution in [3.63, 3.8) is 0 Å². The van der Waals surface area contributed by atoms with Crippen LogP contribution in [0.5, 0.6) is 0 Å². The fourth-order valence-electron chi connectivity index (χ4n) is 2.50. The molecule has 0 unspecified atom stereocenters. The summed E-state index contributed by atoms with van der Waals surface area (Å²) < 4.78 is 11.6. The number of hydrogen-bond acceptors (Lipinski definition) is 6. The summed E-state index contributed by atoms with van der Waals surface area (Å²) in [7, 11) is 0. The van der Waals surface area contributed by atoms with Crippen molar-refractivity contribution in [2.24, 2.45) is 0 Å². The highest BCUT2D eigenvalue weighted by molar-refractivity contribution is 8.22. The van der Waals surface area contributed by atoms with Crippen LogP contribution in [0.1, 0.15) is 36.9 Å². The third-order valence-corrected chi connectivity index (χ3v) is 4.90. The van der Waals surface area contributed by atoms with Gasteiger partial charge in [0.1, 0.15) is 16.7 Å². The van der Waals surface area contributed by atoms with Gasteiger partial charge in [-0.05, 0) is 38.4 Å². The summed E-state index contributed by atoms with van der Waals surface area (Å²) in [6.45, 7) is 2.47. The number of aromatic nitrogens is 2. The van der Waals surface area contributed by atoms with E-state index in [0.717, 1.165) is 36.8 Å². The molecule has 1 aliphatic rings. The Kier molecular flexibility index (Phi) is 4.66. The third-order valence-electron chi connectivity index (χ3n) is 3.40. The summed E-state index contributed by atoms with van der Waals surface area (Å²) in [6.07, 6.45) is 4.27. The SMILES string of the molecule is CCOC(=S)SCc1nc(Cl)c2c3c(oc2n1)CCCC3. The molecule has 0 fully saturated rings. The predicted octanol–water partition coefficient (Wildman–Crippen LogP) is 4.31. The van der Waals surface area contributed by atoms with Gasteiger partial charge < -0.3 is 9.15 Å². The first-order chi connectivity index (χ1) is 10.2. The Morgan fingerprint density at radius 3 is 3.00 bits per heavy atom.